The van der Waals surface area contributed by atoms with Crippen molar-refractivity contribution in [3.63, 3.8) is 0 Å². The average molecular weight is 266 g/mol. The van der Waals surface area contributed by atoms with Crippen molar-refractivity contribution in [3.8, 4) is 0 Å². The molecule has 0 unspecified atom stereocenters. The lowest BCUT2D eigenvalue weighted by molar-refractivity contribution is 0.574. The summed E-state index contributed by atoms with van der Waals surface area (Å²) >= 11 is 0. The largest absolute Gasteiger partial charge is 0.212 e. The first-order chi connectivity index (χ1) is 9.84. The van der Waals surface area contributed by atoms with Crippen LogP contribution >= 0.6 is 0 Å². The minimum absolute atomic E-state index is 0.0619. The Morgan fingerprint density at radius 2 is 1.55 bits per heavy atom. The van der Waals surface area contributed by atoms with Crippen LogP contribution in [0.5, 0.6) is 0 Å². The molecule has 0 fully saturated rings. The fourth-order valence-electron chi connectivity index (χ4n) is 2.02. The molecule has 20 heavy (non-hydrogen) atoms. The van der Waals surface area contributed by atoms with E-state index in [1.165, 1.54) is 5.56 Å². The molecule has 2 aromatic carbocycles. The Labute approximate surface area is 120 Å². The van der Waals surface area contributed by atoms with Gasteiger partial charge in [0, 0.05) is 0 Å². The minimum Gasteiger partial charge on any atom is -0.212 e. The standard InChI is InChI=1S/C19H19F/c20-19(15-7-13-17-9-3-1-4-10-17)16-8-14-18-11-5-2-6-12-18/h1-7,9-13,15H,8,14,16H2/b13-7+,19-15-. The highest BCUT2D eigenvalue weighted by Crippen LogP contribution is 2.12. The monoisotopic (exact) mass is 266 g/mol. The zero-order chi connectivity index (χ0) is 14.0. The van der Waals surface area contributed by atoms with Gasteiger partial charge in [-0.1, -0.05) is 72.8 Å². The Bertz CT molecular complexity index is 553. The third kappa shape index (κ3) is 5.23. The van der Waals surface area contributed by atoms with Gasteiger partial charge < -0.3 is 0 Å². The highest BCUT2D eigenvalue weighted by atomic mass is 19.1. The number of rotatable bonds is 6. The number of benzene rings is 2. The highest BCUT2D eigenvalue weighted by molar-refractivity contribution is 5.50. The highest BCUT2D eigenvalue weighted by Gasteiger charge is 1.95. The molecule has 0 nitrogen and oxygen atoms in total. The fraction of sp³-hybridized carbons (Fsp3) is 0.158. The van der Waals surface area contributed by atoms with E-state index in [0.29, 0.717) is 6.42 Å². The second-order valence-corrected chi connectivity index (χ2v) is 4.72. The first-order valence-corrected chi connectivity index (χ1v) is 6.96. The molecule has 0 N–H and O–H groups in total. The van der Waals surface area contributed by atoms with Crippen LogP contribution in [0, 0.1) is 0 Å². The molecule has 2 aromatic rings. The van der Waals surface area contributed by atoms with Gasteiger partial charge in [0.2, 0.25) is 0 Å². The summed E-state index contributed by atoms with van der Waals surface area (Å²) in [6.45, 7) is 0. The maximum Gasteiger partial charge on any atom is 0.0999 e. The van der Waals surface area contributed by atoms with Gasteiger partial charge in [-0.15, -0.1) is 0 Å². The topological polar surface area (TPSA) is 0 Å². The molecule has 0 radical (unpaired) electrons. The predicted octanol–water partition coefficient (Wildman–Crippen LogP) is 5.58. The van der Waals surface area contributed by atoms with Crippen LogP contribution in [0.4, 0.5) is 4.39 Å². The second kappa shape index (κ2) is 8.11. The van der Waals surface area contributed by atoms with Gasteiger partial charge in [-0.2, -0.15) is 0 Å². The summed E-state index contributed by atoms with van der Waals surface area (Å²) < 4.78 is 13.6. The molecule has 0 bridgehead atoms. The van der Waals surface area contributed by atoms with Crippen molar-refractivity contribution < 1.29 is 4.39 Å². The molecule has 0 aromatic heterocycles. The fourth-order valence-corrected chi connectivity index (χ4v) is 2.02. The Kier molecular flexibility index (Phi) is 5.78. The Balaban J connectivity index is 1.76. The smallest absolute Gasteiger partial charge is 0.0999 e. The molecular weight excluding hydrogens is 247 g/mol. The SMILES string of the molecule is F/C(=C\C=C\c1ccccc1)CCCc1ccccc1. The molecule has 0 aliphatic rings. The van der Waals surface area contributed by atoms with Crippen molar-refractivity contribution in [2.75, 3.05) is 0 Å². The van der Waals surface area contributed by atoms with Gasteiger partial charge in [-0.3, -0.25) is 0 Å². The Morgan fingerprint density at radius 3 is 2.25 bits per heavy atom. The van der Waals surface area contributed by atoms with Crippen molar-refractivity contribution in [1.29, 1.82) is 0 Å². The molecule has 0 aliphatic heterocycles. The van der Waals surface area contributed by atoms with E-state index in [9.17, 15) is 4.39 Å². The van der Waals surface area contributed by atoms with E-state index >= 15 is 0 Å². The van der Waals surface area contributed by atoms with Crippen LogP contribution in [0.2, 0.25) is 0 Å². The maximum absolute atomic E-state index is 13.6. The van der Waals surface area contributed by atoms with Gasteiger partial charge in [0.1, 0.15) is 0 Å². The lowest BCUT2D eigenvalue weighted by atomic mass is 10.1. The molecule has 1 heteroatoms. The maximum atomic E-state index is 13.6. The van der Waals surface area contributed by atoms with Crippen molar-refractivity contribution in [1.82, 2.24) is 0 Å². The number of aryl methyl sites for hydroxylation is 1. The normalized spacial score (nSPS) is 11.9. The molecule has 0 heterocycles. The van der Waals surface area contributed by atoms with Crippen LogP contribution in [-0.2, 0) is 6.42 Å². The third-order valence-electron chi connectivity index (χ3n) is 3.09. The Morgan fingerprint density at radius 1 is 0.900 bits per heavy atom. The van der Waals surface area contributed by atoms with Crippen molar-refractivity contribution in [2.24, 2.45) is 0 Å². The first-order valence-electron chi connectivity index (χ1n) is 6.96. The molecular formula is C19H19F. The van der Waals surface area contributed by atoms with E-state index in [1.54, 1.807) is 12.2 Å². The number of hydrogen-bond acceptors (Lipinski definition) is 0. The van der Waals surface area contributed by atoms with E-state index in [1.807, 2.05) is 54.6 Å². The lowest BCUT2D eigenvalue weighted by Crippen LogP contribution is -1.85. The molecule has 0 amide bonds. The van der Waals surface area contributed by atoms with E-state index in [0.717, 1.165) is 18.4 Å². The Hall–Kier alpha value is -2.15. The van der Waals surface area contributed by atoms with E-state index in [2.05, 4.69) is 12.1 Å². The second-order valence-electron chi connectivity index (χ2n) is 4.72. The summed E-state index contributed by atoms with van der Waals surface area (Å²) in [4.78, 5) is 0. The van der Waals surface area contributed by atoms with Crippen LogP contribution in [-0.4, -0.2) is 0 Å². The lowest BCUT2D eigenvalue weighted by Gasteiger charge is -1.99. The van der Waals surface area contributed by atoms with Gasteiger partial charge in [-0.05, 0) is 36.5 Å². The summed E-state index contributed by atoms with van der Waals surface area (Å²) in [7, 11) is 0. The zero-order valence-electron chi connectivity index (χ0n) is 11.5. The average Bonchev–Trinajstić information content (AvgIpc) is 2.49. The molecule has 0 saturated heterocycles. The van der Waals surface area contributed by atoms with Crippen molar-refractivity contribution >= 4 is 6.08 Å². The summed E-state index contributed by atoms with van der Waals surface area (Å²) in [5.41, 5.74) is 2.35. The van der Waals surface area contributed by atoms with Crippen LogP contribution < -0.4 is 0 Å². The minimum atomic E-state index is -0.0619. The van der Waals surface area contributed by atoms with Crippen LogP contribution in [0.3, 0.4) is 0 Å². The summed E-state index contributed by atoms with van der Waals surface area (Å²) in [6, 6.07) is 20.1. The van der Waals surface area contributed by atoms with E-state index in [4.69, 9.17) is 0 Å². The predicted molar refractivity (Wildman–Crippen MR) is 84.0 cm³/mol. The first kappa shape index (κ1) is 14.3. The van der Waals surface area contributed by atoms with Crippen LogP contribution in [0.15, 0.2) is 78.6 Å². The van der Waals surface area contributed by atoms with Gasteiger partial charge in [0.25, 0.3) is 0 Å². The molecule has 0 aliphatic carbocycles. The summed E-state index contributed by atoms with van der Waals surface area (Å²) in [5, 5.41) is 0. The zero-order valence-corrected chi connectivity index (χ0v) is 11.5. The quantitative estimate of drug-likeness (QED) is 0.599. The van der Waals surface area contributed by atoms with Crippen LogP contribution in [0.1, 0.15) is 24.0 Å². The van der Waals surface area contributed by atoms with Gasteiger partial charge in [0.15, 0.2) is 0 Å². The molecule has 102 valence electrons. The molecule has 0 atom stereocenters. The number of hydrogen-bond donors (Lipinski definition) is 0. The summed E-state index contributed by atoms with van der Waals surface area (Å²) in [5.74, 6) is -0.0619. The van der Waals surface area contributed by atoms with Gasteiger partial charge in [-0.25, -0.2) is 4.39 Å². The summed E-state index contributed by atoms with van der Waals surface area (Å²) in [6.07, 6.45) is 7.49. The molecule has 0 spiro atoms. The molecule has 0 saturated carbocycles. The number of allylic oxidation sites excluding steroid dienone is 3. The molecule has 2 rings (SSSR count). The van der Waals surface area contributed by atoms with Crippen LogP contribution in [0.25, 0.3) is 6.08 Å². The van der Waals surface area contributed by atoms with E-state index < -0.39 is 0 Å². The van der Waals surface area contributed by atoms with Gasteiger partial charge >= 0.3 is 0 Å². The third-order valence-corrected chi connectivity index (χ3v) is 3.09. The van der Waals surface area contributed by atoms with Crippen molar-refractivity contribution in [3.05, 3.63) is 89.8 Å². The number of halogens is 1. The van der Waals surface area contributed by atoms with Crippen molar-refractivity contribution in [2.45, 2.75) is 19.3 Å². The van der Waals surface area contributed by atoms with Gasteiger partial charge in [0.05, 0.1) is 5.83 Å². The van der Waals surface area contributed by atoms with E-state index in [-0.39, 0.29) is 5.83 Å².